The van der Waals surface area contributed by atoms with Crippen LogP contribution in [0.1, 0.15) is 0 Å². The van der Waals surface area contributed by atoms with E-state index in [2.05, 4.69) is 155 Å². The lowest BCUT2D eigenvalue weighted by Gasteiger charge is -2.14. The molecule has 0 amide bonds. The molecule has 0 bridgehead atoms. The van der Waals surface area contributed by atoms with E-state index in [9.17, 15) is 0 Å². The Morgan fingerprint density at radius 3 is 1.91 bits per heavy atom. The standard InChI is InChI=1S/C40H24N2S/c1-2-11-26(12-3-1)41-34-17-7-4-13-27(34)30-16-10-19-36(39(30)41)42-35-18-8-5-14-28(35)33-24-32-25(23-37(33)42)21-22-31-29-15-6-9-20-38(29)43-40(31)32/h1-24H. The summed E-state index contributed by atoms with van der Waals surface area (Å²) >= 11 is 1.90. The number of aromatic nitrogens is 2. The first-order valence-corrected chi connectivity index (χ1v) is 15.5. The molecule has 0 saturated heterocycles. The molecular formula is C40H24N2S. The maximum absolute atomic E-state index is 2.49. The highest BCUT2D eigenvalue weighted by Crippen LogP contribution is 2.43. The van der Waals surface area contributed by atoms with E-state index in [4.69, 9.17) is 0 Å². The highest BCUT2D eigenvalue weighted by atomic mass is 32.1. The SMILES string of the molecule is c1ccc(-n2c3ccccc3c3cccc(-n4c5ccccc5c5cc6c(ccc7c8ccccc8sc67)cc54)c32)cc1. The van der Waals surface area contributed by atoms with Crippen molar-refractivity contribution in [2.24, 2.45) is 0 Å². The van der Waals surface area contributed by atoms with E-state index in [0.717, 1.165) is 0 Å². The summed E-state index contributed by atoms with van der Waals surface area (Å²) in [6.07, 6.45) is 0. The van der Waals surface area contributed by atoms with E-state index >= 15 is 0 Å². The molecule has 0 aliphatic carbocycles. The molecule has 0 unspecified atom stereocenters. The lowest BCUT2D eigenvalue weighted by Crippen LogP contribution is -2.00. The number of nitrogens with zero attached hydrogens (tertiary/aromatic N) is 2. The summed E-state index contributed by atoms with van der Waals surface area (Å²) in [4.78, 5) is 0. The van der Waals surface area contributed by atoms with E-state index in [-0.39, 0.29) is 0 Å². The van der Waals surface area contributed by atoms with Crippen LogP contribution in [0.5, 0.6) is 0 Å². The van der Waals surface area contributed by atoms with Crippen molar-refractivity contribution in [1.29, 1.82) is 0 Å². The van der Waals surface area contributed by atoms with Crippen molar-refractivity contribution in [1.82, 2.24) is 9.13 Å². The van der Waals surface area contributed by atoms with Crippen molar-refractivity contribution in [3.8, 4) is 11.4 Å². The summed E-state index contributed by atoms with van der Waals surface area (Å²) in [6.45, 7) is 0. The summed E-state index contributed by atoms with van der Waals surface area (Å²) in [6, 6.07) is 53.4. The molecule has 0 fully saturated rings. The fourth-order valence-electron chi connectivity index (χ4n) is 7.26. The minimum atomic E-state index is 1.17. The molecule has 200 valence electrons. The van der Waals surface area contributed by atoms with Crippen molar-refractivity contribution in [2.75, 3.05) is 0 Å². The summed E-state index contributed by atoms with van der Waals surface area (Å²) in [5.41, 5.74) is 7.24. The van der Waals surface area contributed by atoms with Gasteiger partial charge in [0.2, 0.25) is 0 Å². The normalized spacial score (nSPS) is 12.2. The largest absolute Gasteiger partial charge is 0.307 e. The van der Waals surface area contributed by atoms with Crippen molar-refractivity contribution in [3.05, 3.63) is 146 Å². The molecule has 10 rings (SSSR count). The first kappa shape index (κ1) is 23.2. The van der Waals surface area contributed by atoms with Crippen LogP contribution in [0.3, 0.4) is 0 Å². The Bertz CT molecular complexity index is 2720. The molecule has 0 radical (unpaired) electrons. The molecule has 43 heavy (non-hydrogen) atoms. The van der Waals surface area contributed by atoms with Crippen molar-refractivity contribution in [3.63, 3.8) is 0 Å². The molecule has 3 heteroatoms. The average Bonchev–Trinajstić information content (AvgIpc) is 3.72. The van der Waals surface area contributed by atoms with Gasteiger partial charge in [-0.25, -0.2) is 0 Å². The number of rotatable bonds is 2. The quantitative estimate of drug-likeness (QED) is 0.198. The van der Waals surface area contributed by atoms with E-state index in [1.165, 1.54) is 85.9 Å². The summed E-state index contributed by atoms with van der Waals surface area (Å²) < 4.78 is 7.62. The second-order valence-corrected chi connectivity index (χ2v) is 12.4. The first-order valence-electron chi connectivity index (χ1n) is 14.7. The number of hydrogen-bond donors (Lipinski definition) is 0. The third kappa shape index (κ3) is 3.12. The number of para-hydroxylation sites is 4. The van der Waals surface area contributed by atoms with Gasteiger partial charge >= 0.3 is 0 Å². The van der Waals surface area contributed by atoms with E-state index in [1.54, 1.807) is 0 Å². The van der Waals surface area contributed by atoms with Gasteiger partial charge in [0, 0.05) is 52.8 Å². The predicted molar refractivity (Wildman–Crippen MR) is 186 cm³/mol. The molecule has 0 aliphatic rings. The topological polar surface area (TPSA) is 9.86 Å². The van der Waals surface area contributed by atoms with Crippen LogP contribution >= 0.6 is 11.3 Å². The van der Waals surface area contributed by atoms with Gasteiger partial charge in [-0.05, 0) is 53.9 Å². The average molecular weight is 565 g/mol. The minimum Gasteiger partial charge on any atom is -0.307 e. The zero-order valence-corrected chi connectivity index (χ0v) is 24.0. The van der Waals surface area contributed by atoms with Gasteiger partial charge in [-0.15, -0.1) is 11.3 Å². The minimum absolute atomic E-state index is 1.17. The van der Waals surface area contributed by atoms with Crippen LogP contribution in [-0.4, -0.2) is 9.13 Å². The monoisotopic (exact) mass is 564 g/mol. The molecule has 2 nitrogen and oxygen atoms in total. The fourth-order valence-corrected chi connectivity index (χ4v) is 8.48. The molecule has 0 saturated carbocycles. The molecular weight excluding hydrogens is 541 g/mol. The van der Waals surface area contributed by atoms with Crippen molar-refractivity contribution >= 4 is 85.9 Å². The second-order valence-electron chi connectivity index (χ2n) is 11.3. The lowest BCUT2D eigenvalue weighted by molar-refractivity contribution is 1.13. The van der Waals surface area contributed by atoms with E-state index in [1.807, 2.05) is 11.3 Å². The van der Waals surface area contributed by atoms with Gasteiger partial charge in [-0.3, -0.25) is 0 Å². The third-order valence-corrected chi connectivity index (χ3v) is 10.3. The van der Waals surface area contributed by atoms with E-state index < -0.39 is 0 Å². The van der Waals surface area contributed by atoms with Crippen LogP contribution in [0.15, 0.2) is 146 Å². The van der Waals surface area contributed by atoms with Gasteiger partial charge < -0.3 is 9.13 Å². The number of benzene rings is 7. The number of hydrogen-bond acceptors (Lipinski definition) is 1. The van der Waals surface area contributed by atoms with Gasteiger partial charge in [0.05, 0.1) is 27.8 Å². The van der Waals surface area contributed by atoms with Crippen LogP contribution in [-0.2, 0) is 0 Å². The van der Waals surface area contributed by atoms with Crippen molar-refractivity contribution < 1.29 is 0 Å². The Kier molecular flexibility index (Phi) is 4.63. The van der Waals surface area contributed by atoms with Crippen LogP contribution in [0, 0.1) is 0 Å². The van der Waals surface area contributed by atoms with Crippen molar-refractivity contribution in [2.45, 2.75) is 0 Å². The summed E-state index contributed by atoms with van der Waals surface area (Å²) in [5.74, 6) is 0. The smallest absolute Gasteiger partial charge is 0.0782 e. The number of thiophene rings is 1. The highest BCUT2D eigenvalue weighted by molar-refractivity contribution is 7.26. The molecule has 0 aliphatic heterocycles. The molecule has 10 aromatic rings. The van der Waals surface area contributed by atoms with Gasteiger partial charge in [0.25, 0.3) is 0 Å². The lowest BCUT2D eigenvalue weighted by atomic mass is 10.0. The van der Waals surface area contributed by atoms with Gasteiger partial charge in [0.1, 0.15) is 0 Å². The molecule has 3 aromatic heterocycles. The Morgan fingerprint density at radius 1 is 0.395 bits per heavy atom. The zero-order chi connectivity index (χ0) is 28.1. The highest BCUT2D eigenvalue weighted by Gasteiger charge is 2.20. The maximum Gasteiger partial charge on any atom is 0.0782 e. The molecule has 0 spiro atoms. The fraction of sp³-hybridized carbons (Fsp3) is 0. The third-order valence-electron chi connectivity index (χ3n) is 9.08. The Balaban J connectivity index is 1.38. The Morgan fingerprint density at radius 2 is 1.07 bits per heavy atom. The zero-order valence-electron chi connectivity index (χ0n) is 23.2. The van der Waals surface area contributed by atoms with Crippen LogP contribution in [0.2, 0.25) is 0 Å². The molecule has 0 N–H and O–H groups in total. The van der Waals surface area contributed by atoms with E-state index in [0.29, 0.717) is 0 Å². The molecule has 3 heterocycles. The first-order chi connectivity index (χ1) is 21.3. The van der Waals surface area contributed by atoms with Crippen LogP contribution in [0.4, 0.5) is 0 Å². The van der Waals surface area contributed by atoms with Crippen LogP contribution < -0.4 is 0 Å². The Hall–Kier alpha value is -5.38. The van der Waals surface area contributed by atoms with Gasteiger partial charge in [-0.1, -0.05) is 97.1 Å². The number of fused-ring (bicyclic) bond motifs is 11. The van der Waals surface area contributed by atoms with Gasteiger partial charge in [0.15, 0.2) is 0 Å². The molecule has 7 aromatic carbocycles. The Labute approximate surface area is 251 Å². The molecule has 0 atom stereocenters. The maximum atomic E-state index is 2.49. The summed E-state index contributed by atoms with van der Waals surface area (Å²) in [7, 11) is 0. The van der Waals surface area contributed by atoms with Crippen LogP contribution in [0.25, 0.3) is 85.9 Å². The van der Waals surface area contributed by atoms with Gasteiger partial charge in [-0.2, -0.15) is 0 Å². The second kappa shape index (κ2) is 8.57. The predicted octanol–water partition coefficient (Wildman–Crippen LogP) is 11.4. The summed E-state index contributed by atoms with van der Waals surface area (Å²) in [5, 5.41) is 10.4.